The third-order valence-electron chi connectivity index (χ3n) is 7.23. The second-order valence-electron chi connectivity index (χ2n) is 10.6. The highest BCUT2D eigenvalue weighted by molar-refractivity contribution is 6.32. The fraction of sp³-hybridized carbons (Fsp3) is 0.929. The lowest BCUT2D eigenvalue weighted by Gasteiger charge is -2.40. The van der Waals surface area contributed by atoms with Gasteiger partial charge in [0.05, 0.1) is 32.0 Å². The quantitative estimate of drug-likeness (QED) is 0.0573. The molecule has 1 fully saturated rings. The molecule has 0 aliphatic carbocycles. The zero-order valence-electron chi connectivity index (χ0n) is 24.2. The first kappa shape index (κ1) is 36.6. The summed E-state index contributed by atoms with van der Waals surface area (Å²) in [6.07, 6.45) is 3.61. The number of rotatable bonds is 21. The fourth-order valence-corrected chi connectivity index (χ4v) is 4.69. The van der Waals surface area contributed by atoms with Gasteiger partial charge in [-0.2, -0.15) is 0 Å². The van der Waals surface area contributed by atoms with E-state index in [1.165, 1.54) is 58.3 Å². The average Bonchev–Trinajstić information content (AvgIpc) is 2.94. The third kappa shape index (κ3) is 13.5. The predicted octanol–water partition coefficient (Wildman–Crippen LogP) is 0.664. The minimum atomic E-state index is -1.69. The van der Waals surface area contributed by atoms with Crippen LogP contribution in [-0.4, -0.2) is 111 Å². The predicted molar refractivity (Wildman–Crippen MR) is 146 cm³/mol. The van der Waals surface area contributed by atoms with E-state index in [0.29, 0.717) is 6.42 Å². The van der Waals surface area contributed by atoms with Gasteiger partial charge in [-0.1, -0.05) is 84.0 Å². The van der Waals surface area contributed by atoms with E-state index in [1.54, 1.807) is 0 Å². The second kappa shape index (κ2) is 21.3. The Hall–Kier alpha value is -1.38. The number of carbonyl (C=O) groups is 2. The fourth-order valence-electron chi connectivity index (χ4n) is 4.69. The molecular formula is C28H53NO11. The van der Waals surface area contributed by atoms with Crippen LogP contribution in [0.5, 0.6) is 0 Å². The van der Waals surface area contributed by atoms with Gasteiger partial charge in [-0.3, -0.25) is 4.79 Å². The van der Waals surface area contributed by atoms with Gasteiger partial charge in [-0.15, -0.1) is 0 Å². The molecule has 7 N–H and O–H groups in total. The standard InChI is InChI=1S/C28H53NO11/c1-3-5-6-7-8-9-10-11-12-13-14-15-16-20(31)22(32)19(29-26(36)27(37)38-4-2)18-39-28-25(35)24(34)23(33)21(17-30)40-28/h19-25,28,30-35H,3-18H2,1-2H3,(H,29,36)/t19?,20?,21-,22?,23+,24+,25-,28+/m1/s1. The summed E-state index contributed by atoms with van der Waals surface area (Å²) in [5, 5.41) is 63.1. The van der Waals surface area contributed by atoms with Gasteiger partial charge in [0.25, 0.3) is 0 Å². The maximum Gasteiger partial charge on any atom is 0.396 e. The Bertz CT molecular complexity index is 681. The Balaban J connectivity index is 2.54. The molecule has 1 saturated heterocycles. The van der Waals surface area contributed by atoms with E-state index < -0.39 is 74.0 Å². The van der Waals surface area contributed by atoms with Gasteiger partial charge in [0.15, 0.2) is 6.29 Å². The molecule has 12 heteroatoms. The monoisotopic (exact) mass is 579 g/mol. The molecule has 3 unspecified atom stereocenters. The smallest absolute Gasteiger partial charge is 0.396 e. The number of amides is 1. The minimum Gasteiger partial charge on any atom is -0.459 e. The van der Waals surface area contributed by atoms with Crippen molar-refractivity contribution in [3.05, 3.63) is 0 Å². The van der Waals surface area contributed by atoms with Gasteiger partial charge in [0, 0.05) is 0 Å². The molecule has 0 aromatic carbocycles. The summed E-state index contributed by atoms with van der Waals surface area (Å²) in [4.78, 5) is 24.0. The van der Waals surface area contributed by atoms with Crippen LogP contribution in [-0.2, 0) is 23.8 Å². The Morgan fingerprint density at radius 3 is 1.90 bits per heavy atom. The van der Waals surface area contributed by atoms with Crippen molar-refractivity contribution in [2.24, 2.45) is 0 Å². The minimum absolute atomic E-state index is 0.0393. The Morgan fingerprint density at radius 2 is 1.38 bits per heavy atom. The lowest BCUT2D eigenvalue weighted by atomic mass is 9.98. The molecule has 12 nitrogen and oxygen atoms in total. The Morgan fingerprint density at radius 1 is 0.825 bits per heavy atom. The number of esters is 1. The highest BCUT2D eigenvalue weighted by Gasteiger charge is 2.44. The summed E-state index contributed by atoms with van der Waals surface area (Å²) in [5.41, 5.74) is 0. The average molecular weight is 580 g/mol. The highest BCUT2D eigenvalue weighted by Crippen LogP contribution is 2.23. The molecule has 0 saturated carbocycles. The van der Waals surface area contributed by atoms with Crippen molar-refractivity contribution >= 4 is 11.9 Å². The van der Waals surface area contributed by atoms with E-state index in [1.807, 2.05) is 0 Å². The van der Waals surface area contributed by atoms with Gasteiger partial charge in [-0.25, -0.2) is 4.79 Å². The van der Waals surface area contributed by atoms with Gasteiger partial charge >= 0.3 is 11.9 Å². The molecule has 1 rings (SSSR count). The maximum atomic E-state index is 12.2. The molecule has 1 amide bonds. The van der Waals surface area contributed by atoms with E-state index in [0.717, 1.165) is 19.3 Å². The van der Waals surface area contributed by atoms with Gasteiger partial charge in [0.2, 0.25) is 0 Å². The molecular weight excluding hydrogens is 526 g/mol. The first-order chi connectivity index (χ1) is 19.2. The highest BCUT2D eigenvalue weighted by atomic mass is 16.7. The molecule has 40 heavy (non-hydrogen) atoms. The van der Waals surface area contributed by atoms with Crippen molar-refractivity contribution in [1.29, 1.82) is 0 Å². The molecule has 236 valence electrons. The molecule has 0 bridgehead atoms. The second-order valence-corrected chi connectivity index (χ2v) is 10.6. The van der Waals surface area contributed by atoms with Crippen molar-refractivity contribution in [2.75, 3.05) is 19.8 Å². The third-order valence-corrected chi connectivity index (χ3v) is 7.23. The summed E-state index contributed by atoms with van der Waals surface area (Å²) in [6.45, 7) is 2.52. The van der Waals surface area contributed by atoms with Crippen molar-refractivity contribution < 1.29 is 54.4 Å². The van der Waals surface area contributed by atoms with Gasteiger partial charge < -0.3 is 50.2 Å². The molecule has 1 heterocycles. The van der Waals surface area contributed by atoms with Crippen LogP contribution in [0, 0.1) is 0 Å². The summed E-state index contributed by atoms with van der Waals surface area (Å²) in [5.74, 6) is -2.33. The van der Waals surface area contributed by atoms with Crippen LogP contribution in [0.3, 0.4) is 0 Å². The van der Waals surface area contributed by atoms with E-state index in [2.05, 4.69) is 17.0 Å². The lowest BCUT2D eigenvalue weighted by Crippen LogP contribution is -2.60. The first-order valence-corrected chi connectivity index (χ1v) is 14.9. The first-order valence-electron chi connectivity index (χ1n) is 14.9. The van der Waals surface area contributed by atoms with E-state index >= 15 is 0 Å². The normalized spacial score (nSPS) is 25.2. The van der Waals surface area contributed by atoms with Crippen molar-refractivity contribution in [3.63, 3.8) is 0 Å². The Kier molecular flexibility index (Phi) is 19.6. The van der Waals surface area contributed by atoms with Crippen molar-refractivity contribution in [3.8, 4) is 0 Å². The summed E-state index contributed by atoms with van der Waals surface area (Å²) in [7, 11) is 0. The number of carbonyl (C=O) groups excluding carboxylic acids is 2. The number of nitrogens with one attached hydrogen (secondary N) is 1. The van der Waals surface area contributed by atoms with Crippen LogP contribution in [0.25, 0.3) is 0 Å². The van der Waals surface area contributed by atoms with Crippen LogP contribution in [0.4, 0.5) is 0 Å². The molecule has 1 aliphatic heterocycles. The zero-order valence-corrected chi connectivity index (χ0v) is 24.2. The number of unbranched alkanes of at least 4 members (excludes halogenated alkanes) is 11. The summed E-state index contributed by atoms with van der Waals surface area (Å²) in [6, 6.07) is -1.29. The summed E-state index contributed by atoms with van der Waals surface area (Å²) >= 11 is 0. The van der Waals surface area contributed by atoms with E-state index in [-0.39, 0.29) is 13.0 Å². The molecule has 1 aliphatic rings. The molecule has 0 radical (unpaired) electrons. The number of aliphatic hydroxyl groups excluding tert-OH is 6. The molecule has 0 spiro atoms. The van der Waals surface area contributed by atoms with Gasteiger partial charge in [-0.05, 0) is 13.3 Å². The van der Waals surface area contributed by atoms with Crippen molar-refractivity contribution in [2.45, 2.75) is 146 Å². The zero-order chi connectivity index (χ0) is 29.9. The van der Waals surface area contributed by atoms with Crippen molar-refractivity contribution in [1.82, 2.24) is 5.32 Å². The largest absolute Gasteiger partial charge is 0.459 e. The van der Waals surface area contributed by atoms with Crippen LogP contribution in [0.2, 0.25) is 0 Å². The number of aliphatic hydroxyl groups is 6. The topological polar surface area (TPSA) is 195 Å². The molecule has 0 aromatic heterocycles. The SMILES string of the molecule is CCCCCCCCCCCCCCC(O)C(O)C(CO[C@H]1O[C@H](CO)[C@H](O)[C@H](O)[C@H]1O)NC(=O)C(=O)OCC. The molecule has 8 atom stereocenters. The van der Waals surface area contributed by atoms with Crippen LogP contribution < -0.4 is 5.32 Å². The van der Waals surface area contributed by atoms with Crippen LogP contribution >= 0.6 is 0 Å². The van der Waals surface area contributed by atoms with E-state index in [9.17, 15) is 40.2 Å². The van der Waals surface area contributed by atoms with Crippen LogP contribution in [0.1, 0.15) is 97.3 Å². The molecule has 0 aromatic rings. The Labute approximate surface area is 238 Å². The maximum absolute atomic E-state index is 12.2. The summed E-state index contributed by atoms with van der Waals surface area (Å²) < 4.78 is 15.4. The van der Waals surface area contributed by atoms with Crippen LogP contribution in [0.15, 0.2) is 0 Å². The number of hydrogen-bond donors (Lipinski definition) is 7. The number of ether oxygens (including phenoxy) is 3. The number of hydrogen-bond acceptors (Lipinski definition) is 11. The van der Waals surface area contributed by atoms with Gasteiger partial charge in [0.1, 0.15) is 30.5 Å². The van der Waals surface area contributed by atoms with E-state index in [4.69, 9.17) is 9.47 Å². The lowest BCUT2D eigenvalue weighted by molar-refractivity contribution is -0.303.